The summed E-state index contributed by atoms with van der Waals surface area (Å²) in [6, 6.07) is 8.04. The maximum absolute atomic E-state index is 14.0. The highest BCUT2D eigenvalue weighted by Gasteiger charge is 2.76. The van der Waals surface area contributed by atoms with Gasteiger partial charge in [0.2, 0.25) is 11.8 Å². The molecule has 6 unspecified atom stereocenters. The third kappa shape index (κ3) is 4.04. The molecule has 0 spiro atoms. The Morgan fingerprint density at radius 3 is 2.37 bits per heavy atom. The van der Waals surface area contributed by atoms with Crippen LogP contribution in [0.5, 0.6) is 0 Å². The van der Waals surface area contributed by atoms with Crippen molar-refractivity contribution in [3.63, 3.8) is 0 Å². The molecule has 0 radical (unpaired) electrons. The second-order valence-corrected chi connectivity index (χ2v) is 14.1. The van der Waals surface area contributed by atoms with E-state index in [0.29, 0.717) is 24.8 Å². The van der Waals surface area contributed by atoms with E-state index in [0.717, 1.165) is 68.4 Å². The fourth-order valence-electron chi connectivity index (χ4n) is 9.87. The summed E-state index contributed by atoms with van der Waals surface area (Å²) in [7, 11) is 0. The zero-order chi connectivity index (χ0) is 28.1. The van der Waals surface area contributed by atoms with Gasteiger partial charge in [-0.1, -0.05) is 30.1 Å². The lowest BCUT2D eigenvalue weighted by molar-refractivity contribution is -0.143. The van der Waals surface area contributed by atoms with Gasteiger partial charge in [0.05, 0.1) is 29.0 Å². The normalized spacial score (nSPS) is 40.6. The Morgan fingerprint density at radius 2 is 1.63 bits per heavy atom. The molecule has 1 aromatic heterocycles. The number of halogens is 2. The van der Waals surface area contributed by atoms with Crippen LogP contribution >= 0.6 is 0 Å². The number of imide groups is 1. The Morgan fingerprint density at radius 1 is 0.951 bits per heavy atom. The number of amides is 2. The number of aromatic nitrogens is 1. The van der Waals surface area contributed by atoms with Crippen molar-refractivity contribution < 1.29 is 28.0 Å². The lowest BCUT2D eigenvalue weighted by Crippen LogP contribution is -2.47. The Kier molecular flexibility index (Phi) is 5.96. The molecule has 2 amide bonds. The van der Waals surface area contributed by atoms with Gasteiger partial charge in [0.1, 0.15) is 0 Å². The molecule has 2 saturated heterocycles. The molecule has 8 atom stereocenters. The average Bonchev–Trinajstić information content (AvgIpc) is 3.36. The van der Waals surface area contributed by atoms with Crippen LogP contribution in [0.1, 0.15) is 69.4 Å². The minimum absolute atomic E-state index is 0.109. The van der Waals surface area contributed by atoms with E-state index in [1.54, 1.807) is 0 Å². The first-order valence-electron chi connectivity index (χ1n) is 15.8. The molecule has 9 heteroatoms. The fourth-order valence-corrected chi connectivity index (χ4v) is 9.87. The second kappa shape index (κ2) is 9.30. The molecular weight excluding hydrogens is 528 g/mol. The first-order valence-corrected chi connectivity index (χ1v) is 15.8. The summed E-state index contributed by atoms with van der Waals surface area (Å²) in [4.78, 5) is 31.3. The van der Waals surface area contributed by atoms with Gasteiger partial charge in [0.25, 0.3) is 5.92 Å². The standard InChI is InChI=1S/C32H39F2N3O4/c33-32(34)15-25(32)31(40)14-21-13-23(31)27-26(21)29(38)37(30(27)39)17-20-6-2-1-5-19(20)16-36-11-9-18(10-12-36)28-22-7-3-4-8-24(22)41-35-28/h3-4,7-8,18-21,23,25-27,40H,1-2,5-6,9-17H2/t19-,20-,21?,23?,25?,26?,27?,31?/m1/s1. The van der Waals surface area contributed by atoms with Crippen LogP contribution in [0.4, 0.5) is 8.78 Å². The number of alkyl halides is 2. The summed E-state index contributed by atoms with van der Waals surface area (Å²) < 4.78 is 33.5. The highest BCUT2D eigenvalue weighted by Crippen LogP contribution is 2.68. The predicted molar refractivity (Wildman–Crippen MR) is 146 cm³/mol. The Hall–Kier alpha value is -2.39. The molecule has 8 rings (SSSR count). The summed E-state index contributed by atoms with van der Waals surface area (Å²) in [6.07, 6.45) is 6.90. The van der Waals surface area contributed by atoms with Crippen LogP contribution in [0, 0.1) is 41.4 Å². The molecule has 3 heterocycles. The minimum atomic E-state index is -2.84. The van der Waals surface area contributed by atoms with E-state index < -0.39 is 35.2 Å². The lowest BCUT2D eigenvalue weighted by Gasteiger charge is -2.39. The summed E-state index contributed by atoms with van der Waals surface area (Å²) in [6.45, 7) is 3.40. The number of nitrogens with zero attached hydrogens (tertiary/aromatic N) is 3. The van der Waals surface area contributed by atoms with Crippen LogP contribution in [0.15, 0.2) is 28.8 Å². The molecular formula is C32H39F2N3O4. The topological polar surface area (TPSA) is 86.9 Å². The molecule has 2 aliphatic heterocycles. The number of rotatable bonds is 6. The summed E-state index contributed by atoms with van der Waals surface area (Å²) in [5, 5.41) is 16.8. The number of carbonyl (C=O) groups is 2. The molecule has 4 saturated carbocycles. The average molecular weight is 568 g/mol. The largest absolute Gasteiger partial charge is 0.389 e. The number of benzene rings is 1. The van der Waals surface area contributed by atoms with Gasteiger partial charge in [0.15, 0.2) is 5.58 Å². The molecule has 2 aromatic rings. The summed E-state index contributed by atoms with van der Waals surface area (Å²) in [5.41, 5.74) is 0.408. The van der Waals surface area contributed by atoms with Gasteiger partial charge in [-0.15, -0.1) is 0 Å². The van der Waals surface area contributed by atoms with Crippen molar-refractivity contribution in [3.05, 3.63) is 30.0 Å². The zero-order valence-electron chi connectivity index (χ0n) is 23.4. The van der Waals surface area contributed by atoms with E-state index in [9.17, 15) is 23.5 Å². The maximum atomic E-state index is 14.0. The monoisotopic (exact) mass is 567 g/mol. The van der Waals surface area contributed by atoms with Crippen LogP contribution < -0.4 is 0 Å². The maximum Gasteiger partial charge on any atom is 0.254 e. The first-order chi connectivity index (χ1) is 19.7. The van der Waals surface area contributed by atoms with Gasteiger partial charge in [-0.25, -0.2) is 8.78 Å². The molecule has 6 fully saturated rings. The number of likely N-dealkylation sites (tertiary alicyclic amines) is 2. The number of aliphatic hydroxyl groups is 1. The molecule has 220 valence electrons. The molecule has 7 nitrogen and oxygen atoms in total. The van der Waals surface area contributed by atoms with Crippen molar-refractivity contribution >= 4 is 22.8 Å². The third-order valence-electron chi connectivity index (χ3n) is 12.0. The smallest absolute Gasteiger partial charge is 0.254 e. The van der Waals surface area contributed by atoms with Crippen molar-refractivity contribution in [1.29, 1.82) is 0 Å². The van der Waals surface area contributed by atoms with Gasteiger partial charge in [0, 0.05) is 36.7 Å². The quantitative estimate of drug-likeness (QED) is 0.503. The Labute approximate surface area is 238 Å². The molecule has 4 aliphatic carbocycles. The van der Waals surface area contributed by atoms with Crippen LogP contribution in [0.3, 0.4) is 0 Å². The minimum Gasteiger partial charge on any atom is -0.389 e. The second-order valence-electron chi connectivity index (χ2n) is 14.1. The van der Waals surface area contributed by atoms with Crippen LogP contribution in [-0.4, -0.2) is 69.6 Å². The van der Waals surface area contributed by atoms with Crippen LogP contribution in [-0.2, 0) is 9.59 Å². The zero-order valence-corrected chi connectivity index (χ0v) is 23.4. The third-order valence-corrected chi connectivity index (χ3v) is 12.0. The lowest BCUT2D eigenvalue weighted by atomic mass is 9.70. The Bertz CT molecular complexity index is 1370. The van der Waals surface area contributed by atoms with Crippen molar-refractivity contribution in [2.24, 2.45) is 41.4 Å². The molecule has 1 N–H and O–H groups in total. The van der Waals surface area contributed by atoms with Crippen LogP contribution in [0.25, 0.3) is 11.0 Å². The Balaban J connectivity index is 0.917. The number of hydrogen-bond acceptors (Lipinski definition) is 6. The van der Waals surface area contributed by atoms with Gasteiger partial charge < -0.3 is 14.5 Å². The number of fused-ring (bicyclic) bond motifs is 6. The number of para-hydroxylation sites is 1. The van der Waals surface area contributed by atoms with E-state index in [4.69, 9.17) is 4.52 Å². The van der Waals surface area contributed by atoms with E-state index in [1.807, 2.05) is 18.2 Å². The molecule has 41 heavy (non-hydrogen) atoms. The van der Waals surface area contributed by atoms with E-state index in [1.165, 1.54) is 11.3 Å². The number of carbonyl (C=O) groups excluding carboxylic acids is 2. The SMILES string of the molecule is O=C1C2C3CC(C2C(=O)N1C[C@H]1CCCC[C@@H]1CN1CCC(c2noc4ccccc24)CC1)C(O)(C1CC1(F)F)C3. The van der Waals surface area contributed by atoms with E-state index in [2.05, 4.69) is 16.1 Å². The highest BCUT2D eigenvalue weighted by molar-refractivity contribution is 6.06. The van der Waals surface area contributed by atoms with Gasteiger partial charge in [-0.3, -0.25) is 14.5 Å². The van der Waals surface area contributed by atoms with Crippen LogP contribution in [0.2, 0.25) is 0 Å². The number of hydrogen-bond donors (Lipinski definition) is 1. The fraction of sp³-hybridized carbons (Fsp3) is 0.719. The first kappa shape index (κ1) is 26.3. The van der Waals surface area contributed by atoms with Gasteiger partial charge in [-0.05, 0) is 81.5 Å². The van der Waals surface area contributed by atoms with Crippen molar-refractivity contribution in [3.8, 4) is 0 Å². The van der Waals surface area contributed by atoms with Crippen molar-refractivity contribution in [2.75, 3.05) is 26.2 Å². The molecule has 2 bridgehead atoms. The van der Waals surface area contributed by atoms with Gasteiger partial charge >= 0.3 is 0 Å². The highest BCUT2D eigenvalue weighted by atomic mass is 19.3. The molecule has 6 aliphatic rings. The van der Waals surface area contributed by atoms with Crippen molar-refractivity contribution in [1.82, 2.24) is 15.0 Å². The van der Waals surface area contributed by atoms with E-state index >= 15 is 0 Å². The summed E-state index contributed by atoms with van der Waals surface area (Å²) in [5.74, 6) is -4.84. The van der Waals surface area contributed by atoms with E-state index in [-0.39, 0.29) is 36.5 Å². The molecule has 1 aromatic carbocycles. The van der Waals surface area contributed by atoms with Crippen molar-refractivity contribution in [2.45, 2.75) is 75.2 Å². The number of piperidine rings is 1. The van der Waals surface area contributed by atoms with Gasteiger partial charge in [-0.2, -0.15) is 0 Å². The predicted octanol–water partition coefficient (Wildman–Crippen LogP) is 4.84. The summed E-state index contributed by atoms with van der Waals surface area (Å²) >= 11 is 0.